The van der Waals surface area contributed by atoms with E-state index in [2.05, 4.69) is 0 Å². The largest absolute Gasteiger partial charge is 0.460 e. The highest BCUT2D eigenvalue weighted by atomic mass is 19.4. The summed E-state index contributed by atoms with van der Waals surface area (Å²) in [5.41, 5.74) is 0. The standard InChI is InChI=1S/C8H3F15O.FH/c9-2(10,1-24)3(11,12)4(13,14)5(15,16)6(17,18)7(19,20)8(21,22)23;/h24H,1H2;1H. The lowest BCUT2D eigenvalue weighted by molar-refractivity contribution is -0.453. The molecule has 0 radical (unpaired) electrons. The second-order valence-electron chi connectivity index (χ2n) is 4.23. The average molecular weight is 420 g/mol. The zero-order chi connectivity index (χ0) is 20.2. The van der Waals surface area contributed by atoms with Gasteiger partial charge in [0.15, 0.2) is 0 Å². The van der Waals surface area contributed by atoms with Crippen LogP contribution < -0.4 is 0 Å². The van der Waals surface area contributed by atoms with E-state index in [1.165, 1.54) is 0 Å². The lowest BCUT2D eigenvalue weighted by Gasteiger charge is -2.41. The number of hydrogen-bond acceptors (Lipinski definition) is 1. The van der Waals surface area contributed by atoms with E-state index in [9.17, 15) is 65.9 Å². The van der Waals surface area contributed by atoms with Gasteiger partial charge in [-0.25, -0.2) is 0 Å². The van der Waals surface area contributed by atoms with Crippen molar-refractivity contribution in [2.24, 2.45) is 0 Å². The van der Waals surface area contributed by atoms with Gasteiger partial charge in [-0.2, -0.15) is 65.9 Å². The van der Waals surface area contributed by atoms with Crippen molar-refractivity contribution in [3.63, 3.8) is 0 Å². The highest BCUT2D eigenvalue weighted by molar-refractivity contribution is 5.12. The van der Waals surface area contributed by atoms with Crippen LogP contribution in [0.4, 0.5) is 70.6 Å². The van der Waals surface area contributed by atoms with E-state index in [-0.39, 0.29) is 4.70 Å². The fraction of sp³-hybridized carbons (Fsp3) is 1.00. The van der Waals surface area contributed by atoms with Gasteiger partial charge < -0.3 is 5.11 Å². The minimum Gasteiger partial charge on any atom is -0.390 e. The first kappa shape index (κ1) is 26.1. The molecule has 0 heterocycles. The van der Waals surface area contributed by atoms with Crippen molar-refractivity contribution in [3.8, 4) is 0 Å². The Balaban J connectivity index is 0. The third-order valence-corrected chi connectivity index (χ3v) is 2.59. The third-order valence-electron chi connectivity index (χ3n) is 2.59. The Kier molecular flexibility index (Phi) is 6.49. The molecule has 0 rings (SSSR count). The third kappa shape index (κ3) is 3.18. The maximum absolute atomic E-state index is 12.8. The highest BCUT2D eigenvalue weighted by Gasteiger charge is 2.93. The molecule has 17 heteroatoms. The van der Waals surface area contributed by atoms with Crippen LogP contribution in [0.3, 0.4) is 0 Å². The van der Waals surface area contributed by atoms with Crippen molar-refractivity contribution in [1.82, 2.24) is 0 Å². The summed E-state index contributed by atoms with van der Waals surface area (Å²) in [5.74, 6) is -46.9. The zero-order valence-corrected chi connectivity index (χ0v) is 10.7. The topological polar surface area (TPSA) is 20.2 Å². The minimum absolute atomic E-state index is 0. The number of rotatable bonds is 6. The smallest absolute Gasteiger partial charge is 0.390 e. The Labute approximate surface area is 125 Å². The number of aliphatic hydroxyl groups excluding tert-OH is 1. The molecule has 0 fully saturated rings. The minimum atomic E-state index is -8.30. The van der Waals surface area contributed by atoms with Gasteiger partial charge in [0.1, 0.15) is 6.61 Å². The maximum atomic E-state index is 12.8. The van der Waals surface area contributed by atoms with Crippen LogP contribution in [-0.4, -0.2) is 53.4 Å². The first-order chi connectivity index (χ1) is 10.1. The van der Waals surface area contributed by atoms with E-state index < -0.39 is 48.3 Å². The second kappa shape index (κ2) is 6.22. The van der Waals surface area contributed by atoms with Crippen LogP contribution in [0, 0.1) is 0 Å². The van der Waals surface area contributed by atoms with Gasteiger partial charge in [0.05, 0.1) is 0 Å². The Morgan fingerprint density at radius 3 is 0.920 bits per heavy atom. The van der Waals surface area contributed by atoms with Crippen LogP contribution in [0.2, 0.25) is 0 Å². The summed E-state index contributed by atoms with van der Waals surface area (Å²) in [6.45, 7) is -3.34. The van der Waals surface area contributed by atoms with Gasteiger partial charge in [-0.1, -0.05) is 0 Å². The van der Waals surface area contributed by atoms with E-state index in [0.717, 1.165) is 0 Å². The number of aliphatic hydroxyl groups is 1. The summed E-state index contributed by atoms with van der Waals surface area (Å²) in [4.78, 5) is 0. The lowest BCUT2D eigenvalue weighted by Crippen LogP contribution is -2.72. The zero-order valence-electron chi connectivity index (χ0n) is 10.7. The van der Waals surface area contributed by atoms with Gasteiger partial charge >= 0.3 is 41.7 Å². The molecule has 0 spiro atoms. The van der Waals surface area contributed by atoms with Crippen LogP contribution >= 0.6 is 0 Å². The molecule has 1 nitrogen and oxygen atoms in total. The van der Waals surface area contributed by atoms with Crippen LogP contribution in [0.25, 0.3) is 0 Å². The van der Waals surface area contributed by atoms with E-state index in [0.29, 0.717) is 0 Å². The van der Waals surface area contributed by atoms with Crippen LogP contribution in [-0.2, 0) is 0 Å². The van der Waals surface area contributed by atoms with Crippen molar-refractivity contribution < 1.29 is 75.7 Å². The molecule has 0 aliphatic heterocycles. The molecule has 0 saturated carbocycles. The fourth-order valence-corrected chi connectivity index (χ4v) is 1.10. The van der Waals surface area contributed by atoms with Crippen molar-refractivity contribution in [2.75, 3.05) is 6.61 Å². The first-order valence-corrected chi connectivity index (χ1v) is 5.00. The first-order valence-electron chi connectivity index (χ1n) is 5.00. The summed E-state index contributed by atoms with van der Waals surface area (Å²) >= 11 is 0. The molecule has 0 aromatic carbocycles. The fourth-order valence-electron chi connectivity index (χ4n) is 1.10. The van der Waals surface area contributed by atoms with Gasteiger partial charge in [-0.05, 0) is 0 Å². The average Bonchev–Trinajstić information content (AvgIpc) is 2.36. The summed E-state index contributed by atoms with van der Waals surface area (Å²) in [5, 5.41) is 7.73. The molecule has 0 aliphatic rings. The number of alkyl halides is 15. The van der Waals surface area contributed by atoms with Gasteiger partial charge in [0.2, 0.25) is 0 Å². The molecule has 0 amide bonds. The Morgan fingerprint density at radius 1 is 0.440 bits per heavy atom. The Morgan fingerprint density at radius 2 is 0.680 bits per heavy atom. The molecule has 0 saturated heterocycles. The van der Waals surface area contributed by atoms with Crippen molar-refractivity contribution in [2.45, 2.75) is 41.7 Å². The number of hydrogen-bond donors (Lipinski definition) is 1. The van der Waals surface area contributed by atoms with Crippen LogP contribution in [0.1, 0.15) is 0 Å². The Bertz CT molecular complexity index is 461. The maximum Gasteiger partial charge on any atom is 0.460 e. The predicted octanol–water partition coefficient (Wildman–Crippen LogP) is 4.51. The molecular weight excluding hydrogens is 416 g/mol. The summed E-state index contributed by atoms with van der Waals surface area (Å²) in [6.07, 6.45) is -7.62. The quantitative estimate of drug-likeness (QED) is 0.628. The normalized spacial score (nSPS) is 15.8. The molecule has 1 N–H and O–H groups in total. The molecule has 0 unspecified atom stereocenters. The van der Waals surface area contributed by atoms with Gasteiger partial charge in [-0.3, -0.25) is 4.70 Å². The van der Waals surface area contributed by atoms with Gasteiger partial charge in [-0.15, -0.1) is 0 Å². The highest BCUT2D eigenvalue weighted by Crippen LogP contribution is 2.62. The summed E-state index contributed by atoms with van der Waals surface area (Å²) < 4.78 is 186. The molecule has 0 aromatic heterocycles. The van der Waals surface area contributed by atoms with Crippen molar-refractivity contribution in [3.05, 3.63) is 0 Å². The molecular formula is C8H4F16O. The SMILES string of the molecule is F.OCC(F)(F)C(F)(F)C(F)(F)C(F)(F)C(F)(F)C(F)(F)C(F)(F)F. The molecule has 0 bridgehead atoms. The predicted molar refractivity (Wildman–Crippen MR) is 45.3 cm³/mol. The molecule has 0 atom stereocenters. The van der Waals surface area contributed by atoms with E-state index >= 15 is 0 Å². The van der Waals surface area contributed by atoms with E-state index in [1.807, 2.05) is 0 Å². The van der Waals surface area contributed by atoms with E-state index in [4.69, 9.17) is 5.11 Å². The lowest BCUT2D eigenvalue weighted by atomic mass is 9.91. The number of halogens is 16. The summed E-state index contributed by atoms with van der Waals surface area (Å²) in [6, 6.07) is 0. The van der Waals surface area contributed by atoms with Crippen LogP contribution in [0.5, 0.6) is 0 Å². The van der Waals surface area contributed by atoms with Crippen molar-refractivity contribution in [1.29, 1.82) is 0 Å². The summed E-state index contributed by atoms with van der Waals surface area (Å²) in [7, 11) is 0. The molecule has 25 heavy (non-hydrogen) atoms. The Hall–Kier alpha value is -1.16. The molecule has 0 aliphatic carbocycles. The van der Waals surface area contributed by atoms with Gasteiger partial charge in [0, 0.05) is 0 Å². The molecule has 154 valence electrons. The van der Waals surface area contributed by atoms with E-state index in [1.54, 1.807) is 0 Å². The monoisotopic (exact) mass is 420 g/mol. The van der Waals surface area contributed by atoms with Crippen molar-refractivity contribution >= 4 is 0 Å². The van der Waals surface area contributed by atoms with Crippen LogP contribution in [0.15, 0.2) is 0 Å². The van der Waals surface area contributed by atoms with Gasteiger partial charge in [0.25, 0.3) is 0 Å². The molecule has 0 aromatic rings. The second-order valence-corrected chi connectivity index (χ2v) is 4.23.